The molecule has 1 atom stereocenters. The van der Waals surface area contributed by atoms with E-state index >= 15 is 0 Å². The van der Waals surface area contributed by atoms with Gasteiger partial charge in [0.2, 0.25) is 5.76 Å². The van der Waals surface area contributed by atoms with Gasteiger partial charge in [0.25, 0.3) is 5.91 Å². The maximum Gasteiger partial charge on any atom is 0.290 e. The number of carbonyl (C=O) groups excluding carboxylic acids is 1. The van der Waals surface area contributed by atoms with Crippen molar-refractivity contribution in [3.8, 4) is 0 Å². The summed E-state index contributed by atoms with van der Waals surface area (Å²) in [7, 11) is 4.19. The van der Waals surface area contributed by atoms with Crippen molar-refractivity contribution >= 4 is 16.9 Å². The Morgan fingerprint density at radius 2 is 1.75 bits per heavy atom. The van der Waals surface area contributed by atoms with Crippen molar-refractivity contribution in [3.05, 3.63) is 81.2 Å². The molecule has 4 rings (SSSR count). The first-order valence-electron chi connectivity index (χ1n) is 9.69. The lowest BCUT2D eigenvalue weighted by molar-refractivity contribution is -0.858. The number of aryl methyl sites for hydroxylation is 1. The fourth-order valence-corrected chi connectivity index (χ4v) is 3.90. The smallest absolute Gasteiger partial charge is 0.290 e. The highest BCUT2D eigenvalue weighted by molar-refractivity contribution is 5.99. The first-order chi connectivity index (χ1) is 13.5. The zero-order chi connectivity index (χ0) is 19.8. The lowest BCUT2D eigenvalue weighted by Crippen LogP contribution is -3.05. The van der Waals surface area contributed by atoms with Crippen LogP contribution < -0.4 is 10.3 Å². The van der Waals surface area contributed by atoms with Crippen LogP contribution in [-0.2, 0) is 0 Å². The Kier molecular flexibility index (Phi) is 4.77. The molecule has 1 amide bonds. The molecule has 5 heteroatoms. The minimum absolute atomic E-state index is 0.114. The van der Waals surface area contributed by atoms with E-state index in [1.54, 1.807) is 17.0 Å². The third kappa shape index (κ3) is 3.12. The quantitative estimate of drug-likeness (QED) is 0.742. The number of amides is 1. The standard InChI is InChI=1S/C23H24N2O3/c1-15-9-11-16(12-10-15)20-19-21(26)17-7-4-5-8-18(17)28-22(19)23(27)25(20)14-6-13-24(2)3/h4-5,7-12,20H,6,13-14H2,1-3H3/p+1/t20-/m0/s1. The van der Waals surface area contributed by atoms with Crippen molar-refractivity contribution in [3.63, 3.8) is 0 Å². The molecule has 0 saturated carbocycles. The van der Waals surface area contributed by atoms with Gasteiger partial charge in [-0.15, -0.1) is 0 Å². The SMILES string of the molecule is Cc1ccc([C@H]2c3c(oc4ccccc4c3=O)C(=O)N2CCC[NH+](C)C)cc1. The van der Waals surface area contributed by atoms with E-state index in [4.69, 9.17) is 4.42 Å². The summed E-state index contributed by atoms with van der Waals surface area (Å²) in [6, 6.07) is 14.8. The molecule has 1 N–H and O–H groups in total. The second kappa shape index (κ2) is 7.24. The molecular weight excluding hydrogens is 352 g/mol. The van der Waals surface area contributed by atoms with Crippen LogP contribution in [0, 0.1) is 6.92 Å². The Bertz CT molecular complexity index is 1080. The monoisotopic (exact) mass is 377 g/mol. The van der Waals surface area contributed by atoms with Gasteiger partial charge in [-0.3, -0.25) is 9.59 Å². The molecule has 1 aromatic heterocycles. The molecule has 0 bridgehead atoms. The summed E-state index contributed by atoms with van der Waals surface area (Å²) in [6.07, 6.45) is 0.859. The van der Waals surface area contributed by atoms with E-state index in [0.717, 1.165) is 24.1 Å². The maximum absolute atomic E-state index is 13.3. The Morgan fingerprint density at radius 1 is 1.04 bits per heavy atom. The van der Waals surface area contributed by atoms with E-state index < -0.39 is 6.04 Å². The van der Waals surface area contributed by atoms with Crippen molar-refractivity contribution in [2.24, 2.45) is 0 Å². The predicted molar refractivity (Wildman–Crippen MR) is 109 cm³/mol. The van der Waals surface area contributed by atoms with Gasteiger partial charge in [-0.05, 0) is 24.6 Å². The third-order valence-corrected chi connectivity index (χ3v) is 5.34. The van der Waals surface area contributed by atoms with E-state index in [1.165, 1.54) is 4.90 Å². The summed E-state index contributed by atoms with van der Waals surface area (Å²) in [4.78, 5) is 29.6. The second-order valence-corrected chi connectivity index (χ2v) is 7.79. The number of para-hydroxylation sites is 1. The predicted octanol–water partition coefficient (Wildman–Crippen LogP) is 2.18. The van der Waals surface area contributed by atoms with Crippen LogP contribution >= 0.6 is 0 Å². The van der Waals surface area contributed by atoms with Gasteiger partial charge in [0.05, 0.1) is 37.6 Å². The van der Waals surface area contributed by atoms with Crippen LogP contribution in [0.2, 0.25) is 0 Å². The van der Waals surface area contributed by atoms with Crippen LogP contribution in [-0.4, -0.2) is 38.0 Å². The van der Waals surface area contributed by atoms with Crippen molar-refractivity contribution in [1.82, 2.24) is 4.90 Å². The van der Waals surface area contributed by atoms with E-state index in [-0.39, 0.29) is 17.1 Å². The van der Waals surface area contributed by atoms with Crippen molar-refractivity contribution in [2.45, 2.75) is 19.4 Å². The Hall–Kier alpha value is -2.92. The summed E-state index contributed by atoms with van der Waals surface area (Å²) in [5.41, 5.74) is 2.89. The fraction of sp³-hybridized carbons (Fsp3) is 0.304. The summed E-state index contributed by atoms with van der Waals surface area (Å²) in [5.74, 6) is -0.0105. The maximum atomic E-state index is 13.3. The molecule has 0 unspecified atom stereocenters. The number of nitrogens with one attached hydrogen (secondary N) is 1. The van der Waals surface area contributed by atoms with Crippen molar-refractivity contribution in [1.29, 1.82) is 0 Å². The number of nitrogens with zero attached hydrogens (tertiary/aromatic N) is 1. The summed E-state index contributed by atoms with van der Waals surface area (Å²) < 4.78 is 5.93. The second-order valence-electron chi connectivity index (χ2n) is 7.79. The highest BCUT2D eigenvalue weighted by Crippen LogP contribution is 2.38. The average molecular weight is 377 g/mol. The lowest BCUT2D eigenvalue weighted by Gasteiger charge is -2.25. The molecule has 2 heterocycles. The molecule has 144 valence electrons. The number of benzene rings is 2. The van der Waals surface area contributed by atoms with E-state index in [1.807, 2.05) is 43.3 Å². The summed E-state index contributed by atoms with van der Waals surface area (Å²) in [6.45, 7) is 3.56. The molecule has 0 aliphatic carbocycles. The average Bonchev–Trinajstić information content (AvgIpc) is 2.95. The van der Waals surface area contributed by atoms with Crippen LogP contribution in [0.3, 0.4) is 0 Å². The largest absolute Gasteiger partial charge is 0.450 e. The lowest BCUT2D eigenvalue weighted by atomic mass is 9.97. The van der Waals surface area contributed by atoms with Gasteiger partial charge in [0.15, 0.2) is 5.43 Å². The molecule has 0 saturated heterocycles. The minimum Gasteiger partial charge on any atom is -0.450 e. The number of fused-ring (bicyclic) bond motifs is 2. The van der Waals surface area contributed by atoms with Gasteiger partial charge in [0.1, 0.15) is 5.58 Å². The number of quaternary nitrogens is 1. The Labute approximate surface area is 164 Å². The fourth-order valence-electron chi connectivity index (χ4n) is 3.90. The van der Waals surface area contributed by atoms with Crippen LogP contribution in [0.25, 0.3) is 11.0 Å². The molecule has 0 spiro atoms. The van der Waals surface area contributed by atoms with Gasteiger partial charge >= 0.3 is 0 Å². The summed E-state index contributed by atoms with van der Waals surface area (Å²) in [5, 5.41) is 0.519. The first-order valence-corrected chi connectivity index (χ1v) is 9.69. The number of rotatable bonds is 5. The molecular formula is C23H25N2O3+. The van der Waals surface area contributed by atoms with Gasteiger partial charge in [-0.2, -0.15) is 0 Å². The molecule has 1 aliphatic rings. The van der Waals surface area contributed by atoms with Gasteiger partial charge in [-0.1, -0.05) is 42.0 Å². The van der Waals surface area contributed by atoms with Crippen LogP contribution in [0.1, 0.15) is 39.7 Å². The van der Waals surface area contributed by atoms with E-state index in [0.29, 0.717) is 23.1 Å². The van der Waals surface area contributed by atoms with Gasteiger partial charge in [0, 0.05) is 13.0 Å². The molecule has 0 fully saturated rings. The number of hydrogen-bond acceptors (Lipinski definition) is 3. The molecule has 1 aliphatic heterocycles. The zero-order valence-corrected chi connectivity index (χ0v) is 16.5. The first kappa shape index (κ1) is 18.4. The minimum atomic E-state index is -0.402. The topological polar surface area (TPSA) is 55.0 Å². The van der Waals surface area contributed by atoms with Crippen LogP contribution in [0.4, 0.5) is 0 Å². The number of hydrogen-bond donors (Lipinski definition) is 1. The van der Waals surface area contributed by atoms with Gasteiger partial charge in [-0.25, -0.2) is 0 Å². The van der Waals surface area contributed by atoms with Gasteiger partial charge < -0.3 is 14.2 Å². The Morgan fingerprint density at radius 3 is 2.46 bits per heavy atom. The van der Waals surface area contributed by atoms with Crippen LogP contribution in [0.15, 0.2) is 57.7 Å². The number of carbonyl (C=O) groups is 1. The zero-order valence-electron chi connectivity index (χ0n) is 16.5. The van der Waals surface area contributed by atoms with Crippen molar-refractivity contribution in [2.75, 3.05) is 27.2 Å². The molecule has 0 radical (unpaired) electrons. The highest BCUT2D eigenvalue weighted by atomic mass is 16.3. The normalized spacial score (nSPS) is 16.2. The Balaban J connectivity index is 1.86. The molecule has 2 aromatic carbocycles. The summed E-state index contributed by atoms with van der Waals surface area (Å²) >= 11 is 0. The molecule has 28 heavy (non-hydrogen) atoms. The molecule has 3 aromatic rings. The molecule has 5 nitrogen and oxygen atoms in total. The van der Waals surface area contributed by atoms with Crippen molar-refractivity contribution < 1.29 is 14.1 Å². The third-order valence-electron chi connectivity index (χ3n) is 5.34. The van der Waals surface area contributed by atoms with Crippen LogP contribution in [0.5, 0.6) is 0 Å². The van der Waals surface area contributed by atoms with E-state index in [9.17, 15) is 9.59 Å². The highest BCUT2D eigenvalue weighted by Gasteiger charge is 2.42. The van der Waals surface area contributed by atoms with E-state index in [2.05, 4.69) is 14.1 Å².